The number of hydrogen-bond donors (Lipinski definition) is 2. The molecule has 0 spiro atoms. The van der Waals surface area contributed by atoms with E-state index in [0.717, 1.165) is 6.07 Å². The molecule has 0 aliphatic rings. The summed E-state index contributed by atoms with van der Waals surface area (Å²) < 4.78 is 40.2. The highest BCUT2D eigenvalue weighted by Crippen LogP contribution is 2.35. The number of carboxylic acids is 1. The molecule has 2 heterocycles. The summed E-state index contributed by atoms with van der Waals surface area (Å²) in [5, 5.41) is 9.00. The van der Waals surface area contributed by atoms with Gasteiger partial charge in [0.25, 0.3) is 0 Å². The van der Waals surface area contributed by atoms with Crippen molar-refractivity contribution in [3.8, 4) is 0 Å². The number of aromatic nitrogens is 3. The van der Waals surface area contributed by atoms with Crippen molar-refractivity contribution in [1.29, 1.82) is 0 Å². The van der Waals surface area contributed by atoms with Crippen molar-refractivity contribution < 1.29 is 23.1 Å². The minimum Gasteiger partial charge on any atom is -0.478 e. The van der Waals surface area contributed by atoms with Gasteiger partial charge in [0.1, 0.15) is 11.3 Å². The first-order valence-electron chi connectivity index (χ1n) is 5.65. The summed E-state index contributed by atoms with van der Waals surface area (Å²) >= 11 is 0. The third-order valence-electron chi connectivity index (χ3n) is 3.05. The second-order valence-electron chi connectivity index (χ2n) is 4.34. The van der Waals surface area contributed by atoms with E-state index in [9.17, 15) is 18.0 Å². The van der Waals surface area contributed by atoms with E-state index in [-0.39, 0.29) is 16.9 Å². The van der Waals surface area contributed by atoms with Gasteiger partial charge in [0, 0.05) is 0 Å². The standard InChI is InChI=1S/C12H7F3N4O2/c13-12(14,15)6-2-7-8(1-5(6)11(20)21)19-4-17-3-9(19)10(16)18-7/h1-4H,(H2,16,18)(H,20,21). The van der Waals surface area contributed by atoms with Gasteiger partial charge in [-0.15, -0.1) is 0 Å². The molecule has 0 amide bonds. The average molecular weight is 296 g/mol. The Morgan fingerprint density at radius 1 is 1.29 bits per heavy atom. The SMILES string of the molecule is Nc1nc2cc(C(F)(F)F)c(C(=O)O)cc2n2cncc12. The molecule has 6 nitrogen and oxygen atoms in total. The van der Waals surface area contributed by atoms with Crippen molar-refractivity contribution in [2.24, 2.45) is 0 Å². The van der Waals surface area contributed by atoms with Crippen LogP contribution in [0.25, 0.3) is 16.6 Å². The smallest absolute Gasteiger partial charge is 0.417 e. The summed E-state index contributed by atoms with van der Waals surface area (Å²) in [6.07, 6.45) is -2.09. The van der Waals surface area contributed by atoms with E-state index < -0.39 is 23.3 Å². The van der Waals surface area contributed by atoms with Gasteiger partial charge < -0.3 is 10.8 Å². The molecule has 0 saturated carbocycles. The summed E-state index contributed by atoms with van der Waals surface area (Å²) in [7, 11) is 0. The monoisotopic (exact) mass is 296 g/mol. The Balaban J connectivity index is 2.49. The van der Waals surface area contributed by atoms with Gasteiger partial charge in [-0.1, -0.05) is 0 Å². The van der Waals surface area contributed by atoms with E-state index in [1.54, 1.807) is 0 Å². The van der Waals surface area contributed by atoms with E-state index in [0.29, 0.717) is 11.6 Å². The number of rotatable bonds is 1. The Hall–Kier alpha value is -2.84. The minimum absolute atomic E-state index is 0.0104. The van der Waals surface area contributed by atoms with Crippen LogP contribution in [0.15, 0.2) is 24.7 Å². The van der Waals surface area contributed by atoms with Crippen LogP contribution in [-0.4, -0.2) is 25.4 Å². The number of anilines is 1. The summed E-state index contributed by atoms with van der Waals surface area (Å²) in [6.45, 7) is 0. The fourth-order valence-corrected chi connectivity index (χ4v) is 2.13. The lowest BCUT2D eigenvalue weighted by Crippen LogP contribution is -2.14. The number of nitrogen functional groups attached to an aromatic ring is 1. The van der Waals surface area contributed by atoms with Crippen LogP contribution in [0.1, 0.15) is 15.9 Å². The van der Waals surface area contributed by atoms with E-state index in [1.165, 1.54) is 16.9 Å². The zero-order valence-electron chi connectivity index (χ0n) is 10.2. The fraction of sp³-hybridized carbons (Fsp3) is 0.0833. The maximum atomic E-state index is 12.9. The first-order chi connectivity index (χ1) is 9.79. The van der Waals surface area contributed by atoms with Crippen LogP contribution in [0, 0.1) is 0 Å². The lowest BCUT2D eigenvalue weighted by molar-refractivity contribution is -0.138. The van der Waals surface area contributed by atoms with E-state index in [4.69, 9.17) is 10.8 Å². The first-order valence-corrected chi connectivity index (χ1v) is 5.65. The van der Waals surface area contributed by atoms with E-state index in [2.05, 4.69) is 9.97 Å². The summed E-state index contributed by atoms with van der Waals surface area (Å²) in [6, 6.07) is 1.59. The number of halogens is 3. The average Bonchev–Trinajstić information content (AvgIpc) is 2.86. The Labute approximate surface area is 114 Å². The zero-order valence-corrected chi connectivity index (χ0v) is 10.2. The first kappa shape index (κ1) is 13.2. The molecular formula is C12H7F3N4O2. The quantitative estimate of drug-likeness (QED) is 0.718. The highest BCUT2D eigenvalue weighted by Gasteiger charge is 2.36. The molecule has 2 aromatic heterocycles. The summed E-state index contributed by atoms with van der Waals surface area (Å²) in [4.78, 5) is 18.8. The van der Waals surface area contributed by atoms with Crippen molar-refractivity contribution in [2.75, 3.05) is 5.73 Å². The number of carbonyl (C=O) groups is 1. The second-order valence-corrected chi connectivity index (χ2v) is 4.34. The maximum Gasteiger partial charge on any atom is 0.417 e. The van der Waals surface area contributed by atoms with Gasteiger partial charge in [-0.2, -0.15) is 13.2 Å². The van der Waals surface area contributed by atoms with Crippen LogP contribution in [0.5, 0.6) is 0 Å². The molecule has 0 bridgehead atoms. The van der Waals surface area contributed by atoms with Crippen LogP contribution in [0.2, 0.25) is 0 Å². The van der Waals surface area contributed by atoms with Crippen LogP contribution >= 0.6 is 0 Å². The Morgan fingerprint density at radius 3 is 2.62 bits per heavy atom. The zero-order chi connectivity index (χ0) is 15.4. The molecule has 0 radical (unpaired) electrons. The Morgan fingerprint density at radius 2 is 2.00 bits per heavy atom. The summed E-state index contributed by atoms with van der Waals surface area (Å²) in [5.74, 6) is -1.66. The van der Waals surface area contributed by atoms with Crippen LogP contribution in [0.3, 0.4) is 0 Å². The van der Waals surface area contributed by atoms with Gasteiger partial charge in [-0.3, -0.25) is 4.40 Å². The molecular weight excluding hydrogens is 289 g/mol. The molecule has 108 valence electrons. The topological polar surface area (TPSA) is 93.5 Å². The molecule has 9 heteroatoms. The normalized spacial score (nSPS) is 12.1. The van der Waals surface area contributed by atoms with Crippen molar-refractivity contribution in [1.82, 2.24) is 14.4 Å². The number of benzene rings is 1. The van der Waals surface area contributed by atoms with Crippen molar-refractivity contribution in [2.45, 2.75) is 6.18 Å². The Bertz CT molecular complexity index is 885. The number of nitrogens with zero attached hydrogens (tertiary/aromatic N) is 3. The third-order valence-corrected chi connectivity index (χ3v) is 3.05. The van der Waals surface area contributed by atoms with Gasteiger partial charge in [-0.05, 0) is 12.1 Å². The molecule has 3 N–H and O–H groups in total. The highest BCUT2D eigenvalue weighted by atomic mass is 19.4. The number of carboxylic acid groups (broad SMARTS) is 1. The second kappa shape index (κ2) is 4.08. The number of imidazole rings is 1. The molecule has 0 fully saturated rings. The summed E-state index contributed by atoms with van der Waals surface area (Å²) in [5.41, 5.74) is 4.04. The van der Waals surface area contributed by atoms with Gasteiger partial charge >= 0.3 is 12.1 Å². The molecule has 1 aromatic carbocycles. The van der Waals surface area contributed by atoms with Gasteiger partial charge in [0.05, 0.1) is 34.7 Å². The molecule has 0 unspecified atom stereocenters. The molecule has 0 aliphatic carbocycles. The van der Waals surface area contributed by atoms with Gasteiger partial charge in [-0.25, -0.2) is 14.8 Å². The predicted molar refractivity (Wildman–Crippen MR) is 66.9 cm³/mol. The van der Waals surface area contributed by atoms with Crippen molar-refractivity contribution >= 4 is 28.3 Å². The lowest BCUT2D eigenvalue weighted by atomic mass is 10.1. The molecule has 0 aliphatic heterocycles. The van der Waals surface area contributed by atoms with Crippen molar-refractivity contribution in [3.63, 3.8) is 0 Å². The van der Waals surface area contributed by atoms with E-state index >= 15 is 0 Å². The largest absolute Gasteiger partial charge is 0.478 e. The molecule has 0 atom stereocenters. The minimum atomic E-state index is -4.80. The molecule has 3 aromatic rings. The third kappa shape index (κ3) is 1.93. The predicted octanol–water partition coefficient (Wildman–Crippen LogP) is 2.18. The van der Waals surface area contributed by atoms with E-state index in [1.807, 2.05) is 0 Å². The van der Waals surface area contributed by atoms with Crippen LogP contribution in [-0.2, 0) is 6.18 Å². The van der Waals surface area contributed by atoms with Crippen LogP contribution in [0.4, 0.5) is 19.0 Å². The maximum absolute atomic E-state index is 12.9. The number of hydrogen-bond acceptors (Lipinski definition) is 4. The number of fused-ring (bicyclic) bond motifs is 3. The number of alkyl halides is 3. The highest BCUT2D eigenvalue weighted by molar-refractivity contribution is 5.95. The van der Waals surface area contributed by atoms with Gasteiger partial charge in [0.15, 0.2) is 0 Å². The van der Waals surface area contributed by atoms with Crippen molar-refractivity contribution in [3.05, 3.63) is 35.8 Å². The Kier molecular flexibility index (Phi) is 2.55. The fourth-order valence-electron chi connectivity index (χ4n) is 2.13. The lowest BCUT2D eigenvalue weighted by Gasteiger charge is -2.12. The molecule has 21 heavy (non-hydrogen) atoms. The molecule has 3 rings (SSSR count). The molecule has 0 saturated heterocycles. The number of nitrogens with two attached hydrogens (primary N) is 1. The van der Waals surface area contributed by atoms with Gasteiger partial charge in [0.2, 0.25) is 0 Å². The van der Waals surface area contributed by atoms with Crippen LogP contribution < -0.4 is 5.73 Å². The number of aromatic carboxylic acids is 1.